The number of fused-ring (bicyclic) bond motifs is 1. The summed E-state index contributed by atoms with van der Waals surface area (Å²) in [6.07, 6.45) is 0. The van der Waals surface area contributed by atoms with Crippen molar-refractivity contribution in [2.75, 3.05) is 5.32 Å². The van der Waals surface area contributed by atoms with Crippen LogP contribution in [-0.2, 0) is 0 Å². The summed E-state index contributed by atoms with van der Waals surface area (Å²) in [5.41, 5.74) is 6.01. The van der Waals surface area contributed by atoms with Crippen LogP contribution in [0.4, 0.5) is 5.69 Å². The Bertz CT molecular complexity index is 1850. The van der Waals surface area contributed by atoms with Gasteiger partial charge in [0.05, 0.1) is 28.6 Å². The summed E-state index contributed by atoms with van der Waals surface area (Å²) in [5, 5.41) is 22.9. The van der Waals surface area contributed by atoms with Crippen molar-refractivity contribution in [2.45, 2.75) is 26.8 Å². The van der Waals surface area contributed by atoms with Crippen LogP contribution in [0.15, 0.2) is 94.1 Å². The number of nitrogens with zero attached hydrogens (tertiary/aromatic N) is 1. The lowest BCUT2D eigenvalue weighted by Gasteiger charge is -2.20. The maximum atomic E-state index is 13.6. The standard InChI is InChI=1S/C33H26N2O4/c1-19-15-27(21(3)35-29-14-7-6-13-26(29)33(37)38)32-28(16-19)30(36)20(2)31(39-32)23-11-8-10-22(17-23)25-12-5-4-9-24(25)18-34/h4-17,21,35H,1-3H3,(H,37,38). The van der Waals surface area contributed by atoms with Gasteiger partial charge in [0.1, 0.15) is 11.3 Å². The first-order valence-corrected chi connectivity index (χ1v) is 12.5. The number of para-hydroxylation sites is 1. The lowest BCUT2D eigenvalue weighted by atomic mass is 9.96. The zero-order valence-corrected chi connectivity index (χ0v) is 21.8. The van der Waals surface area contributed by atoms with E-state index in [1.54, 1.807) is 37.3 Å². The number of nitrogens with one attached hydrogen (secondary N) is 1. The molecule has 0 aliphatic carbocycles. The maximum absolute atomic E-state index is 13.6. The lowest BCUT2D eigenvalue weighted by Crippen LogP contribution is -2.14. The molecule has 0 saturated carbocycles. The highest BCUT2D eigenvalue weighted by atomic mass is 16.4. The van der Waals surface area contributed by atoms with Gasteiger partial charge in [-0.15, -0.1) is 0 Å². The maximum Gasteiger partial charge on any atom is 0.337 e. The number of aryl methyl sites for hydroxylation is 1. The van der Waals surface area contributed by atoms with Crippen molar-refractivity contribution in [2.24, 2.45) is 0 Å². The monoisotopic (exact) mass is 514 g/mol. The van der Waals surface area contributed by atoms with Gasteiger partial charge in [-0.3, -0.25) is 4.79 Å². The van der Waals surface area contributed by atoms with Gasteiger partial charge in [0, 0.05) is 22.4 Å². The lowest BCUT2D eigenvalue weighted by molar-refractivity contribution is 0.0698. The van der Waals surface area contributed by atoms with Crippen LogP contribution in [-0.4, -0.2) is 11.1 Å². The number of carboxylic acids is 1. The molecule has 0 fully saturated rings. The average molecular weight is 515 g/mol. The van der Waals surface area contributed by atoms with Gasteiger partial charge in [0.15, 0.2) is 5.43 Å². The molecule has 0 bridgehead atoms. The minimum Gasteiger partial charge on any atom is -0.478 e. The number of anilines is 1. The summed E-state index contributed by atoms with van der Waals surface area (Å²) in [6.45, 7) is 5.58. The minimum absolute atomic E-state index is 0.128. The van der Waals surface area contributed by atoms with E-state index in [2.05, 4.69) is 11.4 Å². The number of rotatable bonds is 6. The number of benzene rings is 4. The summed E-state index contributed by atoms with van der Waals surface area (Å²) < 4.78 is 6.51. The topological polar surface area (TPSA) is 103 Å². The van der Waals surface area contributed by atoms with E-state index in [1.807, 2.05) is 68.4 Å². The Morgan fingerprint density at radius 3 is 2.44 bits per heavy atom. The first-order chi connectivity index (χ1) is 18.8. The first kappa shape index (κ1) is 25.5. The fourth-order valence-corrected chi connectivity index (χ4v) is 4.93. The predicted molar refractivity (Wildman–Crippen MR) is 153 cm³/mol. The van der Waals surface area contributed by atoms with E-state index in [-0.39, 0.29) is 17.0 Å². The second-order valence-corrected chi connectivity index (χ2v) is 9.57. The van der Waals surface area contributed by atoms with Crippen LogP contribution in [0.3, 0.4) is 0 Å². The highest BCUT2D eigenvalue weighted by Gasteiger charge is 2.20. The number of hydrogen-bond acceptors (Lipinski definition) is 5. The second-order valence-electron chi connectivity index (χ2n) is 9.57. The van der Waals surface area contributed by atoms with Crippen LogP contribution in [0.1, 0.15) is 45.6 Å². The molecule has 192 valence electrons. The van der Waals surface area contributed by atoms with E-state index in [0.717, 1.165) is 27.8 Å². The smallest absolute Gasteiger partial charge is 0.337 e. The van der Waals surface area contributed by atoms with E-state index >= 15 is 0 Å². The molecule has 1 aromatic heterocycles. The zero-order valence-electron chi connectivity index (χ0n) is 21.8. The van der Waals surface area contributed by atoms with Gasteiger partial charge in [-0.1, -0.05) is 54.6 Å². The molecule has 6 heteroatoms. The molecule has 39 heavy (non-hydrogen) atoms. The molecule has 5 rings (SSSR count). The Hall–Kier alpha value is -5.15. The van der Waals surface area contributed by atoms with Crippen molar-refractivity contribution in [1.29, 1.82) is 5.26 Å². The molecule has 0 radical (unpaired) electrons. The Balaban J connectivity index is 1.66. The fraction of sp³-hybridized carbons (Fsp3) is 0.121. The minimum atomic E-state index is -1.03. The zero-order chi connectivity index (χ0) is 27.7. The summed E-state index contributed by atoms with van der Waals surface area (Å²) in [5.74, 6) is -0.575. The molecule has 0 aliphatic heterocycles. The van der Waals surface area contributed by atoms with Crippen LogP contribution in [0.25, 0.3) is 33.4 Å². The van der Waals surface area contributed by atoms with Gasteiger partial charge in [0.2, 0.25) is 0 Å². The van der Waals surface area contributed by atoms with Gasteiger partial charge >= 0.3 is 5.97 Å². The second kappa shape index (κ2) is 10.3. The fourth-order valence-electron chi connectivity index (χ4n) is 4.93. The number of carboxylic acid groups (broad SMARTS) is 1. The SMILES string of the molecule is Cc1cc(C(C)Nc2ccccc2C(=O)O)c2oc(-c3cccc(-c4ccccc4C#N)c3)c(C)c(=O)c2c1. The number of nitriles is 1. The Morgan fingerprint density at radius 2 is 1.67 bits per heavy atom. The molecular weight excluding hydrogens is 488 g/mol. The molecule has 1 heterocycles. The summed E-state index contributed by atoms with van der Waals surface area (Å²) >= 11 is 0. The molecule has 4 aromatic carbocycles. The van der Waals surface area contributed by atoms with Gasteiger partial charge in [-0.25, -0.2) is 4.79 Å². The Kier molecular flexibility index (Phi) is 6.74. The summed E-state index contributed by atoms with van der Waals surface area (Å²) in [4.78, 5) is 25.3. The molecule has 1 unspecified atom stereocenters. The molecule has 0 saturated heterocycles. The molecule has 6 nitrogen and oxygen atoms in total. The van der Waals surface area contributed by atoms with Crippen LogP contribution >= 0.6 is 0 Å². The van der Waals surface area contributed by atoms with E-state index in [4.69, 9.17) is 4.42 Å². The molecule has 0 aliphatic rings. The third kappa shape index (κ3) is 4.78. The average Bonchev–Trinajstić information content (AvgIpc) is 2.95. The van der Waals surface area contributed by atoms with E-state index < -0.39 is 5.97 Å². The molecule has 5 aromatic rings. The molecule has 1 atom stereocenters. The first-order valence-electron chi connectivity index (χ1n) is 12.5. The van der Waals surface area contributed by atoms with Crippen molar-refractivity contribution >= 4 is 22.6 Å². The van der Waals surface area contributed by atoms with Gasteiger partial charge in [-0.2, -0.15) is 5.26 Å². The third-order valence-electron chi connectivity index (χ3n) is 6.87. The number of carbonyl (C=O) groups is 1. The van der Waals surface area contributed by atoms with Gasteiger partial charge < -0.3 is 14.8 Å². The molecule has 0 amide bonds. The van der Waals surface area contributed by atoms with Crippen LogP contribution in [0.5, 0.6) is 0 Å². The number of aromatic carboxylic acids is 1. The normalized spacial score (nSPS) is 11.6. The van der Waals surface area contributed by atoms with Crippen LogP contribution in [0, 0.1) is 25.2 Å². The van der Waals surface area contributed by atoms with Crippen molar-refractivity contribution in [3.8, 4) is 28.5 Å². The highest BCUT2D eigenvalue weighted by Crippen LogP contribution is 2.34. The summed E-state index contributed by atoms with van der Waals surface area (Å²) in [6, 6.07) is 27.3. The number of hydrogen-bond donors (Lipinski definition) is 2. The van der Waals surface area contributed by atoms with Gasteiger partial charge in [-0.05, 0) is 67.8 Å². The van der Waals surface area contributed by atoms with Crippen LogP contribution in [0.2, 0.25) is 0 Å². The van der Waals surface area contributed by atoms with E-state index in [0.29, 0.717) is 33.5 Å². The Labute approximate surface area is 225 Å². The molecular formula is C33H26N2O4. The van der Waals surface area contributed by atoms with Crippen molar-refractivity contribution < 1.29 is 14.3 Å². The van der Waals surface area contributed by atoms with Crippen molar-refractivity contribution in [3.05, 3.63) is 123 Å². The van der Waals surface area contributed by atoms with E-state index in [9.17, 15) is 20.0 Å². The van der Waals surface area contributed by atoms with Crippen molar-refractivity contribution in [1.82, 2.24) is 0 Å². The van der Waals surface area contributed by atoms with E-state index in [1.165, 1.54) is 0 Å². The van der Waals surface area contributed by atoms with Gasteiger partial charge in [0.25, 0.3) is 0 Å². The Morgan fingerprint density at radius 1 is 0.949 bits per heavy atom. The third-order valence-corrected chi connectivity index (χ3v) is 6.87. The molecule has 0 spiro atoms. The molecule has 2 N–H and O–H groups in total. The highest BCUT2D eigenvalue weighted by molar-refractivity contribution is 5.94. The van der Waals surface area contributed by atoms with Crippen LogP contribution < -0.4 is 10.7 Å². The van der Waals surface area contributed by atoms with Crippen molar-refractivity contribution in [3.63, 3.8) is 0 Å². The largest absolute Gasteiger partial charge is 0.478 e. The quantitative estimate of drug-likeness (QED) is 0.243. The summed E-state index contributed by atoms with van der Waals surface area (Å²) in [7, 11) is 0. The predicted octanol–water partition coefficient (Wildman–Crippen LogP) is 7.49.